The molecular formula is C23H16ClN3O5S. The molecule has 2 aromatic heterocycles. The molecule has 10 heteroatoms. The zero-order valence-corrected chi connectivity index (χ0v) is 18.4. The fourth-order valence-electron chi connectivity index (χ4n) is 3.41. The first kappa shape index (κ1) is 22.3. The zero-order valence-electron chi connectivity index (χ0n) is 16.8. The van der Waals surface area contributed by atoms with Gasteiger partial charge < -0.3 is 16.2 Å². The molecule has 166 valence electrons. The van der Waals surface area contributed by atoms with E-state index in [2.05, 4.69) is 5.32 Å². The topological polar surface area (TPSA) is 131 Å². The molecule has 0 aliphatic heterocycles. The van der Waals surface area contributed by atoms with E-state index in [1.807, 2.05) is 0 Å². The fraction of sp³-hybridized carbons (Fsp3) is 0.0435. The number of rotatable bonds is 6. The quantitative estimate of drug-likeness (QED) is 0.388. The van der Waals surface area contributed by atoms with Crippen molar-refractivity contribution in [3.05, 3.63) is 97.6 Å². The molecule has 1 atom stereocenters. The lowest BCUT2D eigenvalue weighted by Gasteiger charge is -2.14. The molecule has 4 N–H and O–H groups in total. The number of hydrogen-bond acceptors (Lipinski definition) is 5. The van der Waals surface area contributed by atoms with E-state index in [9.17, 15) is 24.3 Å². The highest BCUT2D eigenvalue weighted by atomic mass is 35.5. The summed E-state index contributed by atoms with van der Waals surface area (Å²) in [6, 6.07) is 14.4. The second-order valence-corrected chi connectivity index (χ2v) is 8.81. The Morgan fingerprint density at radius 2 is 1.67 bits per heavy atom. The second-order valence-electron chi connectivity index (χ2n) is 7.06. The summed E-state index contributed by atoms with van der Waals surface area (Å²) >= 11 is 6.94. The van der Waals surface area contributed by atoms with E-state index in [1.165, 1.54) is 41.1 Å². The Labute approximate surface area is 195 Å². The van der Waals surface area contributed by atoms with Crippen molar-refractivity contribution < 1.29 is 19.5 Å². The van der Waals surface area contributed by atoms with Gasteiger partial charge in [0.15, 0.2) is 6.04 Å². The maximum absolute atomic E-state index is 13.0. The molecule has 2 heterocycles. The van der Waals surface area contributed by atoms with Crippen LogP contribution in [0, 0.1) is 0 Å². The van der Waals surface area contributed by atoms with Crippen molar-refractivity contribution in [2.24, 2.45) is 5.73 Å². The van der Waals surface area contributed by atoms with Crippen LogP contribution < -0.4 is 16.6 Å². The average molecular weight is 482 g/mol. The predicted molar refractivity (Wildman–Crippen MR) is 125 cm³/mol. The number of fused-ring (bicyclic) bond motifs is 1. The molecule has 33 heavy (non-hydrogen) atoms. The Bertz CT molecular complexity index is 1460. The minimum absolute atomic E-state index is 0.186. The van der Waals surface area contributed by atoms with Gasteiger partial charge in [-0.05, 0) is 42.5 Å². The number of carboxylic acid groups (broad SMARTS) is 1. The molecule has 0 radical (unpaired) electrons. The number of thiophene rings is 1. The average Bonchev–Trinajstić information content (AvgIpc) is 3.23. The van der Waals surface area contributed by atoms with Gasteiger partial charge in [0, 0.05) is 33.1 Å². The summed E-state index contributed by atoms with van der Waals surface area (Å²) < 4.78 is 1.68. The first-order valence-electron chi connectivity index (χ1n) is 9.60. The summed E-state index contributed by atoms with van der Waals surface area (Å²) in [7, 11) is 0. The van der Waals surface area contributed by atoms with Gasteiger partial charge in [0.2, 0.25) is 0 Å². The van der Waals surface area contributed by atoms with Gasteiger partial charge in [-0.2, -0.15) is 0 Å². The number of pyridine rings is 1. The molecule has 0 spiro atoms. The molecule has 4 aromatic rings. The number of hydrogen-bond donors (Lipinski definition) is 3. The second kappa shape index (κ2) is 8.89. The van der Waals surface area contributed by atoms with Gasteiger partial charge >= 0.3 is 5.97 Å². The molecule has 1 unspecified atom stereocenters. The van der Waals surface area contributed by atoms with E-state index in [-0.39, 0.29) is 16.7 Å². The Morgan fingerprint density at radius 3 is 2.24 bits per heavy atom. The van der Waals surface area contributed by atoms with Gasteiger partial charge in [-0.3, -0.25) is 19.0 Å². The number of carbonyl (C=O) groups excluding carboxylic acids is 2. The molecule has 0 saturated carbocycles. The third kappa shape index (κ3) is 4.36. The van der Waals surface area contributed by atoms with Crippen LogP contribution in [0.2, 0.25) is 4.34 Å². The third-order valence-corrected chi connectivity index (χ3v) is 6.29. The lowest BCUT2D eigenvalue weighted by atomic mass is 10.1. The number of amides is 2. The Kier molecular flexibility index (Phi) is 5.99. The highest BCUT2D eigenvalue weighted by Crippen LogP contribution is 2.27. The minimum atomic E-state index is -1.25. The third-order valence-electron chi connectivity index (χ3n) is 5.00. The van der Waals surface area contributed by atoms with Crippen LogP contribution in [0.4, 0.5) is 0 Å². The number of nitrogens with zero attached hydrogens (tertiary/aromatic N) is 1. The van der Waals surface area contributed by atoms with Crippen molar-refractivity contribution >= 4 is 51.5 Å². The molecule has 2 amide bonds. The number of nitrogens with two attached hydrogens (primary N) is 1. The number of nitrogens with one attached hydrogen (secondary N) is 1. The molecule has 2 aromatic carbocycles. The van der Waals surface area contributed by atoms with Crippen LogP contribution in [0.5, 0.6) is 0 Å². The summed E-state index contributed by atoms with van der Waals surface area (Å²) in [6.45, 7) is 0. The number of carboxylic acids is 1. The maximum Gasteiger partial charge on any atom is 0.331 e. The van der Waals surface area contributed by atoms with E-state index in [0.29, 0.717) is 25.7 Å². The molecule has 0 aliphatic rings. The first-order valence-corrected chi connectivity index (χ1v) is 10.8. The van der Waals surface area contributed by atoms with Crippen LogP contribution >= 0.6 is 22.9 Å². The van der Waals surface area contributed by atoms with E-state index in [1.54, 1.807) is 30.3 Å². The van der Waals surface area contributed by atoms with Crippen LogP contribution in [-0.4, -0.2) is 27.5 Å². The molecule has 0 saturated heterocycles. The van der Waals surface area contributed by atoms with Crippen LogP contribution in [0.25, 0.3) is 16.5 Å². The molecule has 0 fully saturated rings. The van der Waals surface area contributed by atoms with Gasteiger partial charge in [0.25, 0.3) is 17.4 Å². The van der Waals surface area contributed by atoms with Gasteiger partial charge in [-0.1, -0.05) is 29.8 Å². The zero-order chi connectivity index (χ0) is 23.7. The smallest absolute Gasteiger partial charge is 0.331 e. The standard InChI is InChI=1S/C23H16ClN3O5S/c24-18-10-9-17(33-18)19(23(31)32)26-21(29)12-5-7-13(8-6-12)27-11-16(20(25)28)14-3-1-2-4-15(14)22(27)30/h1-11,19H,(H2,25,28)(H,26,29)(H,31,32). The number of benzene rings is 2. The molecule has 8 nitrogen and oxygen atoms in total. The van der Waals surface area contributed by atoms with Gasteiger partial charge in [-0.25, -0.2) is 4.79 Å². The Balaban J connectivity index is 1.66. The number of halogens is 1. The highest BCUT2D eigenvalue weighted by molar-refractivity contribution is 7.16. The maximum atomic E-state index is 13.0. The van der Waals surface area contributed by atoms with Gasteiger partial charge in [-0.15, -0.1) is 11.3 Å². The number of aliphatic carboxylic acids is 1. The lowest BCUT2D eigenvalue weighted by Crippen LogP contribution is -2.33. The normalized spacial score (nSPS) is 11.8. The number of carbonyl (C=O) groups is 3. The minimum Gasteiger partial charge on any atom is -0.479 e. The number of primary amides is 1. The molecule has 4 rings (SSSR count). The van der Waals surface area contributed by atoms with E-state index < -0.39 is 23.8 Å². The monoisotopic (exact) mass is 481 g/mol. The predicted octanol–water partition coefficient (Wildman–Crippen LogP) is 3.36. The van der Waals surface area contributed by atoms with Crippen molar-refractivity contribution in [1.29, 1.82) is 0 Å². The first-order chi connectivity index (χ1) is 15.8. The van der Waals surface area contributed by atoms with Crippen LogP contribution in [0.3, 0.4) is 0 Å². The molecular weight excluding hydrogens is 466 g/mol. The van der Waals surface area contributed by atoms with E-state index in [0.717, 1.165) is 11.3 Å². The van der Waals surface area contributed by atoms with Crippen LogP contribution in [0.15, 0.2) is 71.7 Å². The summed E-state index contributed by atoms with van der Waals surface area (Å²) in [4.78, 5) is 49.5. The largest absolute Gasteiger partial charge is 0.479 e. The Hall–Kier alpha value is -3.95. The van der Waals surface area contributed by atoms with Gasteiger partial charge in [0.1, 0.15) is 0 Å². The van der Waals surface area contributed by atoms with Crippen LogP contribution in [-0.2, 0) is 4.79 Å². The summed E-state index contributed by atoms with van der Waals surface area (Å²) in [5.74, 6) is -2.51. The van der Waals surface area contributed by atoms with Crippen molar-refractivity contribution in [3.8, 4) is 5.69 Å². The molecule has 0 aliphatic carbocycles. The van der Waals surface area contributed by atoms with E-state index >= 15 is 0 Å². The van der Waals surface area contributed by atoms with Crippen molar-refractivity contribution in [3.63, 3.8) is 0 Å². The van der Waals surface area contributed by atoms with Gasteiger partial charge in [0.05, 0.1) is 9.90 Å². The SMILES string of the molecule is NC(=O)c1cn(-c2ccc(C(=O)NC(C(=O)O)c3ccc(Cl)s3)cc2)c(=O)c2ccccc12. The van der Waals surface area contributed by atoms with E-state index in [4.69, 9.17) is 17.3 Å². The summed E-state index contributed by atoms with van der Waals surface area (Å²) in [5, 5.41) is 12.7. The Morgan fingerprint density at radius 1 is 1.00 bits per heavy atom. The highest BCUT2D eigenvalue weighted by Gasteiger charge is 2.24. The van der Waals surface area contributed by atoms with Crippen molar-refractivity contribution in [2.75, 3.05) is 0 Å². The van der Waals surface area contributed by atoms with Crippen molar-refractivity contribution in [1.82, 2.24) is 9.88 Å². The van der Waals surface area contributed by atoms with Crippen LogP contribution in [0.1, 0.15) is 31.6 Å². The fourth-order valence-corrected chi connectivity index (χ4v) is 4.51. The summed E-state index contributed by atoms with van der Waals surface area (Å²) in [5.41, 5.74) is 5.93. The summed E-state index contributed by atoms with van der Waals surface area (Å²) in [6.07, 6.45) is 1.36. The molecule has 0 bridgehead atoms. The van der Waals surface area contributed by atoms with Crippen molar-refractivity contribution in [2.45, 2.75) is 6.04 Å². The lowest BCUT2D eigenvalue weighted by molar-refractivity contribution is -0.139. The number of aromatic nitrogens is 1.